The molecule has 0 saturated carbocycles. The molecule has 0 aliphatic heterocycles. The van der Waals surface area contributed by atoms with Crippen molar-refractivity contribution in [1.82, 2.24) is 0 Å². The average Bonchev–Trinajstić information content (AvgIpc) is 2.42. The summed E-state index contributed by atoms with van der Waals surface area (Å²) in [6.07, 6.45) is 0.813. The van der Waals surface area contributed by atoms with Gasteiger partial charge in [0.15, 0.2) is 0 Å². The Bertz CT molecular complexity index is 675. The van der Waals surface area contributed by atoms with Crippen LogP contribution in [-0.4, -0.2) is 10.2 Å². The summed E-state index contributed by atoms with van der Waals surface area (Å²) >= 11 is 2.19. The zero-order chi connectivity index (χ0) is 15.7. The second-order valence-electron chi connectivity index (χ2n) is 5.85. The molecule has 112 valence electrons. The molecule has 2 aromatic rings. The van der Waals surface area contributed by atoms with Crippen LogP contribution in [0.3, 0.4) is 0 Å². The molecule has 0 bridgehead atoms. The van der Waals surface area contributed by atoms with Gasteiger partial charge in [-0.15, -0.1) is 0 Å². The van der Waals surface area contributed by atoms with Crippen molar-refractivity contribution in [2.24, 2.45) is 0 Å². The molecule has 0 spiro atoms. The van der Waals surface area contributed by atoms with Gasteiger partial charge in [0, 0.05) is 0 Å². The van der Waals surface area contributed by atoms with Crippen LogP contribution in [0, 0.1) is 17.4 Å². The first kappa shape index (κ1) is 16.1. The van der Waals surface area contributed by atoms with E-state index in [1.807, 2.05) is 26.0 Å². The van der Waals surface area contributed by atoms with E-state index in [0.717, 1.165) is 26.7 Å². The quantitative estimate of drug-likeness (QED) is 0.715. The number of aryl methyl sites for hydroxylation is 1. The van der Waals surface area contributed by atoms with Gasteiger partial charge in [-0.1, -0.05) is 26.0 Å². The van der Waals surface area contributed by atoms with Crippen LogP contribution in [0.2, 0.25) is 0 Å². The van der Waals surface area contributed by atoms with Crippen molar-refractivity contribution in [3.05, 3.63) is 55.7 Å². The standard InChI is InChI=1S/C18H21IO2/c1-10(2)14-8-13(5-6-16(14)20)9-15-11(3)7-17(21)18(19)12(15)4/h5-8,10,20-21H,9H2,1-4H3. The summed E-state index contributed by atoms with van der Waals surface area (Å²) in [5.74, 6) is 1.01. The molecule has 2 aromatic carbocycles. The van der Waals surface area contributed by atoms with E-state index in [2.05, 4.69) is 42.5 Å². The van der Waals surface area contributed by atoms with Gasteiger partial charge in [0.05, 0.1) is 3.57 Å². The smallest absolute Gasteiger partial charge is 0.129 e. The first-order valence-electron chi connectivity index (χ1n) is 7.10. The van der Waals surface area contributed by atoms with E-state index in [1.54, 1.807) is 6.07 Å². The molecule has 0 atom stereocenters. The van der Waals surface area contributed by atoms with Gasteiger partial charge >= 0.3 is 0 Å². The maximum atomic E-state index is 9.93. The predicted molar refractivity (Wildman–Crippen MR) is 95.3 cm³/mol. The van der Waals surface area contributed by atoms with E-state index >= 15 is 0 Å². The van der Waals surface area contributed by atoms with Gasteiger partial charge < -0.3 is 10.2 Å². The van der Waals surface area contributed by atoms with E-state index < -0.39 is 0 Å². The fraction of sp³-hybridized carbons (Fsp3) is 0.333. The first-order valence-corrected chi connectivity index (χ1v) is 8.18. The van der Waals surface area contributed by atoms with Crippen LogP contribution in [-0.2, 0) is 6.42 Å². The summed E-state index contributed by atoms with van der Waals surface area (Å²) in [6, 6.07) is 7.66. The van der Waals surface area contributed by atoms with Gasteiger partial charge in [0.25, 0.3) is 0 Å². The number of benzene rings is 2. The minimum absolute atomic E-state index is 0.298. The fourth-order valence-electron chi connectivity index (χ4n) is 2.63. The van der Waals surface area contributed by atoms with Crippen LogP contribution in [0.1, 0.15) is 47.6 Å². The lowest BCUT2D eigenvalue weighted by Crippen LogP contribution is -2.00. The highest BCUT2D eigenvalue weighted by molar-refractivity contribution is 14.1. The number of hydrogen-bond acceptors (Lipinski definition) is 2. The third-order valence-electron chi connectivity index (χ3n) is 3.93. The number of aromatic hydroxyl groups is 2. The third-order valence-corrected chi connectivity index (χ3v) is 5.29. The molecule has 0 unspecified atom stereocenters. The summed E-state index contributed by atoms with van der Waals surface area (Å²) < 4.78 is 0.913. The fourth-order valence-corrected chi connectivity index (χ4v) is 3.11. The number of halogens is 1. The topological polar surface area (TPSA) is 40.5 Å². The molecule has 3 heteroatoms. The lowest BCUT2D eigenvalue weighted by Gasteiger charge is -2.15. The second kappa shape index (κ2) is 6.26. The Morgan fingerprint density at radius 2 is 1.71 bits per heavy atom. The maximum Gasteiger partial charge on any atom is 0.129 e. The second-order valence-corrected chi connectivity index (χ2v) is 6.93. The van der Waals surface area contributed by atoms with Gasteiger partial charge in [0.2, 0.25) is 0 Å². The number of phenolic OH excluding ortho intramolecular Hbond substituents is 2. The Hall–Kier alpha value is -1.23. The van der Waals surface area contributed by atoms with E-state index in [1.165, 1.54) is 11.1 Å². The van der Waals surface area contributed by atoms with Crippen molar-refractivity contribution >= 4 is 22.6 Å². The summed E-state index contributed by atoms with van der Waals surface area (Å²) in [6.45, 7) is 8.24. The number of hydrogen-bond donors (Lipinski definition) is 2. The number of rotatable bonds is 3. The zero-order valence-corrected chi connectivity index (χ0v) is 15.0. The minimum Gasteiger partial charge on any atom is -0.508 e. The van der Waals surface area contributed by atoms with E-state index in [9.17, 15) is 10.2 Å². The Kier molecular flexibility index (Phi) is 4.81. The van der Waals surface area contributed by atoms with Crippen molar-refractivity contribution in [3.63, 3.8) is 0 Å². The molecule has 0 aliphatic carbocycles. The van der Waals surface area contributed by atoms with Crippen molar-refractivity contribution in [2.45, 2.75) is 40.0 Å². The Balaban J connectivity index is 2.44. The molecule has 0 saturated heterocycles. The zero-order valence-electron chi connectivity index (χ0n) is 12.9. The molecular weight excluding hydrogens is 375 g/mol. The van der Waals surface area contributed by atoms with E-state index in [0.29, 0.717) is 17.4 Å². The van der Waals surface area contributed by atoms with E-state index in [-0.39, 0.29) is 0 Å². The van der Waals surface area contributed by atoms with E-state index in [4.69, 9.17) is 0 Å². The van der Waals surface area contributed by atoms with Gasteiger partial charge in [-0.2, -0.15) is 0 Å². The highest BCUT2D eigenvalue weighted by atomic mass is 127. The molecule has 2 nitrogen and oxygen atoms in total. The largest absolute Gasteiger partial charge is 0.508 e. The monoisotopic (exact) mass is 396 g/mol. The van der Waals surface area contributed by atoms with Crippen molar-refractivity contribution < 1.29 is 10.2 Å². The highest BCUT2D eigenvalue weighted by Gasteiger charge is 2.13. The molecular formula is C18H21IO2. The van der Waals surface area contributed by atoms with Gasteiger partial charge in [-0.3, -0.25) is 0 Å². The molecule has 0 fully saturated rings. The molecule has 2 N–H and O–H groups in total. The predicted octanol–water partition coefficient (Wildman–Crippen LogP) is 5.03. The van der Waals surface area contributed by atoms with Crippen molar-refractivity contribution in [3.8, 4) is 11.5 Å². The van der Waals surface area contributed by atoms with Crippen LogP contribution in [0.5, 0.6) is 11.5 Å². The minimum atomic E-state index is 0.298. The maximum absolute atomic E-state index is 9.93. The SMILES string of the molecule is Cc1cc(O)c(I)c(C)c1Cc1ccc(O)c(C(C)C)c1. The summed E-state index contributed by atoms with van der Waals surface area (Å²) in [5.41, 5.74) is 5.65. The molecule has 0 aliphatic rings. The van der Waals surface area contributed by atoms with Crippen molar-refractivity contribution in [1.29, 1.82) is 0 Å². The Morgan fingerprint density at radius 1 is 1.05 bits per heavy atom. The number of phenols is 2. The normalized spacial score (nSPS) is 11.1. The van der Waals surface area contributed by atoms with Crippen LogP contribution in [0.15, 0.2) is 24.3 Å². The summed E-state index contributed by atoms with van der Waals surface area (Å²) in [4.78, 5) is 0. The lowest BCUT2D eigenvalue weighted by atomic mass is 9.93. The molecule has 21 heavy (non-hydrogen) atoms. The van der Waals surface area contributed by atoms with Gasteiger partial charge in [-0.05, 0) is 88.7 Å². The Labute approximate surface area is 140 Å². The van der Waals surface area contributed by atoms with Gasteiger partial charge in [0.1, 0.15) is 11.5 Å². The summed E-state index contributed by atoms with van der Waals surface area (Å²) in [5, 5.41) is 19.8. The van der Waals surface area contributed by atoms with Crippen LogP contribution in [0.4, 0.5) is 0 Å². The third kappa shape index (κ3) is 3.34. The Morgan fingerprint density at radius 3 is 2.33 bits per heavy atom. The van der Waals surface area contributed by atoms with Gasteiger partial charge in [-0.25, -0.2) is 0 Å². The highest BCUT2D eigenvalue weighted by Crippen LogP contribution is 2.32. The first-order chi connectivity index (χ1) is 9.81. The average molecular weight is 396 g/mol. The molecule has 0 radical (unpaired) electrons. The summed E-state index contributed by atoms with van der Waals surface area (Å²) in [7, 11) is 0. The molecule has 2 rings (SSSR count). The molecule has 0 amide bonds. The molecule has 0 aromatic heterocycles. The van der Waals surface area contributed by atoms with Crippen LogP contribution in [0.25, 0.3) is 0 Å². The van der Waals surface area contributed by atoms with Crippen LogP contribution < -0.4 is 0 Å². The van der Waals surface area contributed by atoms with Crippen LogP contribution >= 0.6 is 22.6 Å². The molecule has 0 heterocycles. The van der Waals surface area contributed by atoms with Crippen molar-refractivity contribution in [2.75, 3.05) is 0 Å². The lowest BCUT2D eigenvalue weighted by molar-refractivity contribution is 0.464.